The number of hydrogen-bond donors (Lipinski definition) is 2. The van der Waals surface area contributed by atoms with Crippen molar-refractivity contribution in [3.8, 4) is 5.75 Å². The van der Waals surface area contributed by atoms with Gasteiger partial charge in [0.25, 0.3) is 0 Å². The van der Waals surface area contributed by atoms with Crippen molar-refractivity contribution in [1.82, 2.24) is 0 Å². The molecular weight excluding hydrogens is 187 g/mol. The number of para-hydroxylation sites is 1. The molecule has 0 aliphatic carbocycles. The molecule has 0 fully saturated rings. The van der Waals surface area contributed by atoms with E-state index in [1.165, 1.54) is 0 Å². The molecule has 0 radical (unpaired) electrons. The lowest BCUT2D eigenvalue weighted by molar-refractivity contribution is 0.373. The molecule has 0 atom stereocenters. The van der Waals surface area contributed by atoms with Gasteiger partial charge in [-0.2, -0.15) is 0 Å². The smallest absolute Gasteiger partial charge is 0.391 e. The second-order valence-corrected chi connectivity index (χ2v) is 3.39. The van der Waals surface area contributed by atoms with E-state index in [0.29, 0.717) is 5.75 Å². The summed E-state index contributed by atoms with van der Waals surface area (Å²) in [5.41, 5.74) is 1.01. The Balaban J connectivity index is 2.78. The van der Waals surface area contributed by atoms with Crippen molar-refractivity contribution in [2.45, 2.75) is 19.8 Å². The van der Waals surface area contributed by atoms with E-state index in [-0.39, 0.29) is 0 Å². The molecule has 1 aromatic carbocycles. The molecule has 72 valence electrons. The highest BCUT2D eigenvalue weighted by Gasteiger charge is 2.06. The van der Waals surface area contributed by atoms with Crippen LogP contribution in [0.3, 0.4) is 0 Å². The lowest BCUT2D eigenvalue weighted by Gasteiger charge is -2.09. The maximum Gasteiger partial charge on any atom is 0.391 e. The lowest BCUT2D eigenvalue weighted by Crippen LogP contribution is -1.91. The molecule has 1 aromatic rings. The summed E-state index contributed by atoms with van der Waals surface area (Å²) >= 11 is 0. The van der Waals surface area contributed by atoms with Gasteiger partial charge in [0.05, 0.1) is 0 Å². The number of benzene rings is 1. The first kappa shape index (κ1) is 10.5. The van der Waals surface area contributed by atoms with Crippen LogP contribution in [0.15, 0.2) is 24.3 Å². The van der Waals surface area contributed by atoms with Crippen LogP contribution in [0.5, 0.6) is 5.75 Å². The second-order valence-electron chi connectivity index (χ2n) is 2.70. The average molecular weight is 200 g/mol. The van der Waals surface area contributed by atoms with Gasteiger partial charge >= 0.3 is 8.60 Å². The molecule has 0 aromatic heterocycles. The Hall–Kier alpha value is -0.630. The highest BCUT2D eigenvalue weighted by Crippen LogP contribution is 2.31. The van der Waals surface area contributed by atoms with Crippen LogP contribution in [0.25, 0.3) is 0 Å². The van der Waals surface area contributed by atoms with Gasteiger partial charge in [0.2, 0.25) is 0 Å². The minimum atomic E-state index is -2.30. The molecule has 0 saturated carbocycles. The molecule has 0 saturated heterocycles. The van der Waals surface area contributed by atoms with E-state index in [0.717, 1.165) is 18.4 Å². The first-order valence-electron chi connectivity index (χ1n) is 4.17. The Morgan fingerprint density at radius 1 is 1.31 bits per heavy atom. The van der Waals surface area contributed by atoms with Gasteiger partial charge in [-0.25, -0.2) is 0 Å². The largest absolute Gasteiger partial charge is 0.427 e. The van der Waals surface area contributed by atoms with Crippen LogP contribution < -0.4 is 4.52 Å². The van der Waals surface area contributed by atoms with Crippen LogP contribution in [0.2, 0.25) is 0 Å². The van der Waals surface area contributed by atoms with Gasteiger partial charge in [0.15, 0.2) is 0 Å². The maximum absolute atomic E-state index is 8.70. The van der Waals surface area contributed by atoms with Crippen molar-refractivity contribution < 1.29 is 14.3 Å². The molecule has 0 aliphatic heterocycles. The summed E-state index contributed by atoms with van der Waals surface area (Å²) in [5.74, 6) is 0.570. The van der Waals surface area contributed by atoms with Crippen LogP contribution >= 0.6 is 8.60 Å². The minimum absolute atomic E-state index is 0.570. The fourth-order valence-corrected chi connectivity index (χ4v) is 1.51. The molecule has 0 aliphatic rings. The normalized spacial score (nSPS) is 10.5. The molecule has 0 spiro atoms. The SMILES string of the molecule is CCCc1ccccc1OP(O)O. The zero-order valence-electron chi connectivity index (χ0n) is 7.47. The summed E-state index contributed by atoms with van der Waals surface area (Å²) in [6, 6.07) is 7.40. The Morgan fingerprint density at radius 3 is 2.62 bits per heavy atom. The summed E-state index contributed by atoms with van der Waals surface area (Å²) in [6.07, 6.45) is 1.90. The van der Waals surface area contributed by atoms with Crippen molar-refractivity contribution in [2.24, 2.45) is 0 Å². The Kier molecular flexibility index (Phi) is 4.16. The molecule has 3 nitrogen and oxygen atoms in total. The molecule has 0 bridgehead atoms. The first-order valence-corrected chi connectivity index (χ1v) is 5.34. The summed E-state index contributed by atoms with van der Waals surface area (Å²) in [6.45, 7) is 2.07. The van der Waals surface area contributed by atoms with Gasteiger partial charge in [-0.3, -0.25) is 0 Å². The van der Waals surface area contributed by atoms with Crippen molar-refractivity contribution in [2.75, 3.05) is 0 Å². The topological polar surface area (TPSA) is 49.7 Å². The first-order chi connectivity index (χ1) is 6.24. The molecule has 2 N–H and O–H groups in total. The predicted molar refractivity (Wildman–Crippen MR) is 52.4 cm³/mol. The fraction of sp³-hybridized carbons (Fsp3) is 0.333. The summed E-state index contributed by atoms with van der Waals surface area (Å²) in [7, 11) is -2.30. The standard InChI is InChI=1S/C9H13O3P/c1-2-5-8-6-3-4-7-9(8)12-13(10)11/h3-4,6-7,10-11H,2,5H2,1H3. The fourth-order valence-electron chi connectivity index (χ4n) is 1.16. The van der Waals surface area contributed by atoms with E-state index in [9.17, 15) is 0 Å². The zero-order valence-corrected chi connectivity index (χ0v) is 8.37. The molecular formula is C9H13O3P. The van der Waals surface area contributed by atoms with E-state index in [1.807, 2.05) is 18.2 Å². The van der Waals surface area contributed by atoms with Crippen LogP contribution in [-0.2, 0) is 6.42 Å². The number of rotatable bonds is 4. The highest BCUT2D eigenvalue weighted by molar-refractivity contribution is 7.39. The molecule has 13 heavy (non-hydrogen) atoms. The average Bonchev–Trinajstić information content (AvgIpc) is 2.08. The van der Waals surface area contributed by atoms with Gasteiger partial charge < -0.3 is 14.3 Å². The number of hydrogen-bond acceptors (Lipinski definition) is 3. The van der Waals surface area contributed by atoms with E-state index >= 15 is 0 Å². The number of aryl methyl sites for hydroxylation is 1. The van der Waals surface area contributed by atoms with E-state index in [4.69, 9.17) is 14.3 Å². The monoisotopic (exact) mass is 200 g/mol. The van der Waals surface area contributed by atoms with Crippen LogP contribution in [0.1, 0.15) is 18.9 Å². The summed E-state index contributed by atoms with van der Waals surface area (Å²) in [4.78, 5) is 17.4. The van der Waals surface area contributed by atoms with E-state index < -0.39 is 8.60 Å². The van der Waals surface area contributed by atoms with Crippen LogP contribution in [0.4, 0.5) is 0 Å². The Morgan fingerprint density at radius 2 is 2.00 bits per heavy atom. The summed E-state index contributed by atoms with van der Waals surface area (Å²) < 4.78 is 4.87. The molecule has 4 heteroatoms. The van der Waals surface area contributed by atoms with Crippen molar-refractivity contribution in [3.05, 3.63) is 29.8 Å². The Bertz CT molecular complexity index is 263. The Labute approximate surface area is 79.0 Å². The van der Waals surface area contributed by atoms with Gasteiger partial charge in [-0.05, 0) is 18.1 Å². The molecule has 0 amide bonds. The van der Waals surface area contributed by atoms with Crippen molar-refractivity contribution in [3.63, 3.8) is 0 Å². The van der Waals surface area contributed by atoms with E-state index in [1.54, 1.807) is 6.07 Å². The highest BCUT2D eigenvalue weighted by atomic mass is 31.2. The van der Waals surface area contributed by atoms with Gasteiger partial charge in [0.1, 0.15) is 5.75 Å². The lowest BCUT2D eigenvalue weighted by atomic mass is 10.1. The second kappa shape index (κ2) is 5.18. The van der Waals surface area contributed by atoms with Gasteiger partial charge in [-0.1, -0.05) is 31.5 Å². The predicted octanol–water partition coefficient (Wildman–Crippen LogP) is 2.23. The van der Waals surface area contributed by atoms with E-state index in [2.05, 4.69) is 6.92 Å². The van der Waals surface area contributed by atoms with Gasteiger partial charge in [-0.15, -0.1) is 0 Å². The molecule has 1 rings (SSSR count). The molecule has 0 heterocycles. The molecule has 0 unspecified atom stereocenters. The van der Waals surface area contributed by atoms with Crippen LogP contribution in [-0.4, -0.2) is 9.79 Å². The third kappa shape index (κ3) is 3.31. The third-order valence-electron chi connectivity index (χ3n) is 1.67. The van der Waals surface area contributed by atoms with Crippen LogP contribution in [0, 0.1) is 0 Å². The minimum Gasteiger partial charge on any atom is -0.427 e. The third-order valence-corrected chi connectivity index (χ3v) is 2.03. The quantitative estimate of drug-likeness (QED) is 0.732. The van der Waals surface area contributed by atoms with Crippen molar-refractivity contribution >= 4 is 8.60 Å². The zero-order chi connectivity index (χ0) is 9.68. The van der Waals surface area contributed by atoms with Gasteiger partial charge in [0, 0.05) is 0 Å². The van der Waals surface area contributed by atoms with Crippen molar-refractivity contribution in [1.29, 1.82) is 0 Å². The maximum atomic E-state index is 8.70. The summed E-state index contributed by atoms with van der Waals surface area (Å²) in [5, 5.41) is 0.